The van der Waals surface area contributed by atoms with Crippen LogP contribution < -0.4 is 0 Å². The van der Waals surface area contributed by atoms with Gasteiger partial charge in [-0.3, -0.25) is 4.79 Å². The molecule has 1 aliphatic heterocycles. The summed E-state index contributed by atoms with van der Waals surface area (Å²) in [5, 5.41) is 42.7. The predicted molar refractivity (Wildman–Crippen MR) is 321 cm³/mol. The van der Waals surface area contributed by atoms with Gasteiger partial charge in [-0.05, 0) is 108 Å². The number of amides is 1. The molecule has 1 aliphatic rings. The van der Waals surface area contributed by atoms with Crippen molar-refractivity contribution in [1.29, 1.82) is 15.8 Å². The molecule has 81 heavy (non-hydrogen) atoms. The van der Waals surface area contributed by atoms with Gasteiger partial charge in [0.25, 0.3) is 5.91 Å². The fourth-order valence-corrected chi connectivity index (χ4v) is 11.9. The SMILES string of the molecule is COC(=O)c1ccc(Cl)c(Cc2cc3c(Cl)cc(C#N)cc3n2C)c1Cl.Cn1c(Cc2c(Cl)ccc(C(=O)N3CCOCC3)c2Cl)cc2c(Cl)cc(C#N)cc21.Cn1c(Cc2c(Cl)ccc(C(=O)O)c2Cl)cc2c(Cl)cc(C#N)cc21. The average Bonchev–Trinajstić information content (AvgIpc) is 4.25. The van der Waals surface area contributed by atoms with Crippen LogP contribution in [0.5, 0.6) is 0 Å². The number of carbonyl (C=O) groups is 3. The minimum absolute atomic E-state index is 0.00429. The van der Waals surface area contributed by atoms with Gasteiger partial charge in [0, 0.05) is 102 Å². The highest BCUT2D eigenvalue weighted by molar-refractivity contribution is 6.40. The van der Waals surface area contributed by atoms with Gasteiger partial charge in [0.2, 0.25) is 0 Å². The van der Waals surface area contributed by atoms with E-state index in [1.165, 1.54) is 25.3 Å². The van der Waals surface area contributed by atoms with E-state index >= 15 is 0 Å². The van der Waals surface area contributed by atoms with Crippen LogP contribution in [0.3, 0.4) is 0 Å². The molecule has 0 saturated carbocycles. The fraction of sp³-hybridized carbons (Fsp3) is 0.186. The standard InChI is InChI=1S/C22H18Cl3N3O2.C19H13Cl3N2O2.C18H11Cl3N2O2/c1-27-14(10-16-19(24)8-13(12-26)9-20(16)27)11-17-18(23)3-2-15(21(17)25)22(29)28-4-6-30-7-5-28;1-24-11(7-13-16(21)5-10(9-23)6-17(13)24)8-14-15(20)4-3-12(18(14)22)19(25)26-2;1-23-10(6-12-15(20)4-9(8-22)5-16(12)23)7-13-14(19)3-2-11(17(13)21)18(24)25/h2-3,8-10H,4-7,11H2,1H3;3-7H,8H2,1-2H3;2-6H,7H2,1H3,(H,24,25). The molecule has 10 rings (SSSR count). The van der Waals surface area contributed by atoms with E-state index in [0.29, 0.717) is 120 Å². The normalized spacial score (nSPS) is 12.0. The number of aromatic carboxylic acids is 1. The number of hydrogen-bond acceptors (Lipinski definition) is 8. The summed E-state index contributed by atoms with van der Waals surface area (Å²) in [4.78, 5) is 37.8. The number of nitriles is 3. The Hall–Kier alpha value is -6.61. The van der Waals surface area contributed by atoms with Gasteiger partial charge in [-0.15, -0.1) is 0 Å². The molecule has 22 heteroatoms. The summed E-state index contributed by atoms with van der Waals surface area (Å²) in [6, 6.07) is 31.7. The molecule has 1 fully saturated rings. The second-order valence-corrected chi connectivity index (χ2v) is 22.1. The first kappa shape index (κ1) is 60.5. The Kier molecular flexibility index (Phi) is 19.2. The molecule has 0 spiro atoms. The zero-order valence-electron chi connectivity index (χ0n) is 43.1. The van der Waals surface area contributed by atoms with Crippen molar-refractivity contribution in [2.45, 2.75) is 19.3 Å². The van der Waals surface area contributed by atoms with Crippen molar-refractivity contribution in [1.82, 2.24) is 18.6 Å². The first-order valence-corrected chi connectivity index (χ1v) is 27.6. The third kappa shape index (κ3) is 12.6. The Morgan fingerprint density at radius 3 is 1.19 bits per heavy atom. The molecule has 4 heterocycles. The highest BCUT2D eigenvalue weighted by Crippen LogP contribution is 2.38. The minimum atomic E-state index is -1.11. The lowest BCUT2D eigenvalue weighted by Gasteiger charge is -2.27. The van der Waals surface area contributed by atoms with E-state index in [9.17, 15) is 24.8 Å². The summed E-state index contributed by atoms with van der Waals surface area (Å²) in [6.07, 6.45) is 1.15. The molecule has 1 saturated heterocycles. The molecular weight excluding hydrogens is 1220 g/mol. The monoisotopic (exact) mass is 1260 g/mol. The molecule has 6 aromatic carbocycles. The highest BCUT2D eigenvalue weighted by Gasteiger charge is 2.25. The Bertz CT molecular complexity index is 4180. The van der Waals surface area contributed by atoms with Gasteiger partial charge in [-0.1, -0.05) is 104 Å². The van der Waals surface area contributed by atoms with Gasteiger partial charge in [-0.2, -0.15) is 15.8 Å². The number of nitrogens with zero attached hydrogens (tertiary/aromatic N) is 7. The number of aromatic nitrogens is 3. The smallest absolute Gasteiger partial charge is 0.339 e. The quantitative estimate of drug-likeness (QED) is 0.138. The fourth-order valence-electron chi connectivity index (χ4n) is 9.39. The van der Waals surface area contributed by atoms with E-state index in [1.54, 1.807) is 59.5 Å². The topological polar surface area (TPSA) is 179 Å². The lowest BCUT2D eigenvalue weighted by molar-refractivity contribution is 0.0303. The van der Waals surface area contributed by atoms with E-state index in [2.05, 4.69) is 18.2 Å². The number of ether oxygens (including phenoxy) is 2. The van der Waals surface area contributed by atoms with Gasteiger partial charge in [-0.25, -0.2) is 9.59 Å². The van der Waals surface area contributed by atoms with Crippen LogP contribution in [0.25, 0.3) is 32.7 Å². The zero-order valence-corrected chi connectivity index (χ0v) is 49.9. The van der Waals surface area contributed by atoms with Crippen molar-refractivity contribution < 1.29 is 29.0 Å². The third-order valence-corrected chi connectivity index (χ3v) is 17.1. The first-order chi connectivity index (χ1) is 38.6. The van der Waals surface area contributed by atoms with Crippen LogP contribution >= 0.6 is 104 Å². The van der Waals surface area contributed by atoms with E-state index in [1.807, 2.05) is 53.0 Å². The van der Waals surface area contributed by atoms with Crippen LogP contribution in [0.15, 0.2) is 91.0 Å². The molecular formula is C59H42Cl9N7O6. The number of carbonyl (C=O) groups excluding carboxylic acids is 2. The minimum Gasteiger partial charge on any atom is -0.478 e. The van der Waals surface area contributed by atoms with E-state index < -0.39 is 11.9 Å². The number of benzene rings is 6. The summed E-state index contributed by atoms with van der Waals surface area (Å²) in [5.41, 5.74) is 9.13. The van der Waals surface area contributed by atoms with Crippen LogP contribution in [0.2, 0.25) is 45.2 Å². The van der Waals surface area contributed by atoms with Crippen molar-refractivity contribution in [3.05, 3.63) is 203 Å². The van der Waals surface area contributed by atoms with Crippen molar-refractivity contribution in [3.63, 3.8) is 0 Å². The number of rotatable bonds is 9. The second-order valence-electron chi connectivity index (χ2n) is 18.5. The second kappa shape index (κ2) is 25.7. The summed E-state index contributed by atoms with van der Waals surface area (Å²) >= 11 is 57.3. The first-order valence-electron chi connectivity index (χ1n) is 24.2. The van der Waals surface area contributed by atoms with Crippen LogP contribution in [-0.2, 0) is 49.9 Å². The number of fused-ring (bicyclic) bond motifs is 3. The number of methoxy groups -OCH3 is 1. The molecule has 412 valence electrons. The molecule has 0 bridgehead atoms. The van der Waals surface area contributed by atoms with Gasteiger partial charge in [0.1, 0.15) is 0 Å². The van der Waals surface area contributed by atoms with Crippen LogP contribution in [0.4, 0.5) is 0 Å². The lowest BCUT2D eigenvalue weighted by atomic mass is 10.0. The maximum absolute atomic E-state index is 12.9. The Balaban J connectivity index is 0.000000160. The number of hydrogen-bond donors (Lipinski definition) is 1. The largest absolute Gasteiger partial charge is 0.478 e. The molecule has 9 aromatic rings. The van der Waals surface area contributed by atoms with Crippen molar-refractivity contribution in [2.75, 3.05) is 33.4 Å². The number of aryl methyl sites for hydroxylation is 3. The number of halogens is 9. The molecule has 1 amide bonds. The summed E-state index contributed by atoms with van der Waals surface area (Å²) < 4.78 is 15.9. The van der Waals surface area contributed by atoms with E-state index in [4.69, 9.17) is 124 Å². The van der Waals surface area contributed by atoms with Crippen molar-refractivity contribution in [2.24, 2.45) is 21.1 Å². The number of esters is 1. The van der Waals surface area contributed by atoms with Crippen LogP contribution in [0.1, 0.15) is 81.5 Å². The maximum Gasteiger partial charge on any atom is 0.339 e. The summed E-state index contributed by atoms with van der Waals surface area (Å²) in [7, 11) is 6.92. The molecule has 0 atom stereocenters. The van der Waals surface area contributed by atoms with Gasteiger partial charge < -0.3 is 33.2 Å². The molecule has 1 N–H and O–H groups in total. The summed E-state index contributed by atoms with van der Waals surface area (Å²) in [5.74, 6) is -1.76. The zero-order chi connectivity index (χ0) is 58.7. The molecule has 0 radical (unpaired) electrons. The lowest BCUT2D eigenvalue weighted by Crippen LogP contribution is -2.40. The highest BCUT2D eigenvalue weighted by atomic mass is 35.5. The Morgan fingerprint density at radius 2 is 0.840 bits per heavy atom. The molecule has 0 aliphatic carbocycles. The molecule has 3 aromatic heterocycles. The van der Waals surface area contributed by atoms with Gasteiger partial charge in [0.15, 0.2) is 0 Å². The predicted octanol–water partition coefficient (Wildman–Crippen LogP) is 15.8. The van der Waals surface area contributed by atoms with Crippen molar-refractivity contribution >= 4 is 155 Å². The van der Waals surface area contributed by atoms with Crippen molar-refractivity contribution in [3.8, 4) is 18.2 Å². The van der Waals surface area contributed by atoms with Crippen LogP contribution in [0, 0.1) is 34.0 Å². The summed E-state index contributed by atoms with van der Waals surface area (Å²) in [6.45, 7) is 2.11. The molecule has 13 nitrogen and oxygen atoms in total. The number of carboxylic acids is 1. The number of morpholine rings is 1. The Labute approximate surface area is 509 Å². The van der Waals surface area contributed by atoms with Crippen LogP contribution in [-0.4, -0.2) is 75.0 Å². The average molecular weight is 1260 g/mol. The maximum atomic E-state index is 12.9. The molecule has 0 unspecified atom stereocenters. The third-order valence-electron chi connectivity index (χ3n) is 13.8. The Morgan fingerprint density at radius 1 is 0.506 bits per heavy atom. The number of carboxylic acid groups (broad SMARTS) is 1. The van der Waals surface area contributed by atoms with Gasteiger partial charge in [0.05, 0.1) is 119 Å². The van der Waals surface area contributed by atoms with E-state index in [-0.39, 0.29) is 27.1 Å². The van der Waals surface area contributed by atoms with E-state index in [0.717, 1.165) is 49.8 Å². The van der Waals surface area contributed by atoms with Gasteiger partial charge >= 0.3 is 11.9 Å².